The second-order valence-electron chi connectivity index (χ2n) is 14.3. The van der Waals surface area contributed by atoms with E-state index < -0.39 is 77.6 Å². The van der Waals surface area contributed by atoms with Crippen LogP contribution >= 0.6 is 0 Å². The highest BCUT2D eigenvalue weighted by atomic mass is 16.6. The summed E-state index contributed by atoms with van der Waals surface area (Å²) in [5.41, 5.74) is 1.50. The monoisotopic (exact) mass is 703 g/mol. The molecule has 0 spiro atoms. The maximum atomic E-state index is 13.6. The SMILES string of the molecule is COC(C)(C)C(=O)N=C([NH+]=CN)c1ccc([C@]2(C#N)O[C@H](COC(=O)CC3CCCC3)[C@@H](OC(=O)[C@H](NC(=O)OC(C)(C)C)C(C)C)[C@H]2O)[nH]1. The number of aliphatic hydroxyl groups excluding tert-OH is 1. The Balaban J connectivity index is 1.96. The molecule has 3 rings (SSSR count). The minimum Gasteiger partial charge on any atom is -0.463 e. The summed E-state index contributed by atoms with van der Waals surface area (Å²) in [5.74, 6) is -2.36. The molecule has 1 aromatic heterocycles. The van der Waals surface area contributed by atoms with Gasteiger partial charge in [0.15, 0.2) is 18.0 Å². The number of methoxy groups -OCH3 is 1. The molecule has 2 aliphatic rings. The Morgan fingerprint density at radius 1 is 1.22 bits per heavy atom. The van der Waals surface area contributed by atoms with Gasteiger partial charge in [0.1, 0.15) is 42.2 Å². The van der Waals surface area contributed by atoms with Crippen molar-refractivity contribution in [3.05, 3.63) is 23.5 Å². The molecule has 0 bridgehead atoms. The van der Waals surface area contributed by atoms with Crippen molar-refractivity contribution in [1.82, 2.24) is 10.3 Å². The summed E-state index contributed by atoms with van der Waals surface area (Å²) in [4.78, 5) is 61.4. The molecule has 50 heavy (non-hydrogen) atoms. The van der Waals surface area contributed by atoms with Gasteiger partial charge >= 0.3 is 23.9 Å². The summed E-state index contributed by atoms with van der Waals surface area (Å²) in [6.45, 7) is 11.0. The molecule has 1 aliphatic heterocycles. The summed E-state index contributed by atoms with van der Waals surface area (Å²) in [7, 11) is 1.36. The molecule has 276 valence electrons. The molecule has 16 heteroatoms. The van der Waals surface area contributed by atoms with Gasteiger partial charge in [0.25, 0.3) is 5.84 Å². The fourth-order valence-corrected chi connectivity index (χ4v) is 5.60. The normalized spacial score (nSPS) is 23.9. The highest BCUT2D eigenvalue weighted by Gasteiger charge is 2.59. The van der Waals surface area contributed by atoms with E-state index in [2.05, 4.69) is 20.3 Å². The van der Waals surface area contributed by atoms with Gasteiger partial charge in [-0.1, -0.05) is 31.7 Å². The Bertz CT molecular complexity index is 1480. The number of esters is 2. The van der Waals surface area contributed by atoms with Gasteiger partial charge in [0.2, 0.25) is 5.60 Å². The van der Waals surface area contributed by atoms with Gasteiger partial charge in [-0.2, -0.15) is 5.26 Å². The topological polar surface area (TPSA) is 239 Å². The number of H-pyrrole nitrogens is 1. The van der Waals surface area contributed by atoms with E-state index in [1.54, 1.807) is 34.6 Å². The number of hydrogen-bond acceptors (Lipinski definition) is 11. The van der Waals surface area contributed by atoms with E-state index in [9.17, 15) is 29.5 Å². The molecule has 1 aromatic rings. The fraction of sp³-hybridized carbons (Fsp3) is 0.676. The van der Waals surface area contributed by atoms with Crippen molar-refractivity contribution >= 4 is 36.1 Å². The molecule has 6 N–H and O–H groups in total. The molecule has 1 aliphatic carbocycles. The third-order valence-corrected chi connectivity index (χ3v) is 8.58. The minimum atomic E-state index is -2.18. The summed E-state index contributed by atoms with van der Waals surface area (Å²) >= 11 is 0. The second kappa shape index (κ2) is 16.6. The zero-order valence-electron chi connectivity index (χ0n) is 30.0. The van der Waals surface area contributed by atoms with Crippen LogP contribution in [0.4, 0.5) is 4.79 Å². The molecule has 1 saturated carbocycles. The van der Waals surface area contributed by atoms with Crippen LogP contribution in [0.1, 0.15) is 92.0 Å². The lowest BCUT2D eigenvalue weighted by Crippen LogP contribution is -2.76. The van der Waals surface area contributed by atoms with E-state index in [0.717, 1.165) is 32.0 Å². The number of amidine groups is 1. The van der Waals surface area contributed by atoms with Crippen molar-refractivity contribution in [2.24, 2.45) is 22.6 Å². The number of hydrogen-bond donors (Lipinski definition) is 5. The number of rotatable bonds is 12. The van der Waals surface area contributed by atoms with Gasteiger partial charge in [0, 0.05) is 13.5 Å². The van der Waals surface area contributed by atoms with Crippen LogP contribution in [0.15, 0.2) is 17.1 Å². The Hall–Kier alpha value is -4.33. The maximum absolute atomic E-state index is 13.6. The Morgan fingerprint density at radius 3 is 2.44 bits per heavy atom. The summed E-state index contributed by atoms with van der Waals surface area (Å²) in [5, 5.41) is 24.7. The lowest BCUT2D eigenvalue weighted by molar-refractivity contribution is -0.309. The number of amides is 2. The van der Waals surface area contributed by atoms with Crippen molar-refractivity contribution in [2.45, 2.75) is 122 Å². The average Bonchev–Trinajstić information content (AvgIpc) is 3.79. The van der Waals surface area contributed by atoms with Crippen LogP contribution in [-0.2, 0) is 43.7 Å². The molecule has 0 radical (unpaired) electrons. The largest absolute Gasteiger partial charge is 0.463 e. The van der Waals surface area contributed by atoms with Crippen molar-refractivity contribution in [2.75, 3.05) is 13.7 Å². The van der Waals surface area contributed by atoms with Gasteiger partial charge in [0.05, 0.1) is 5.69 Å². The van der Waals surface area contributed by atoms with Gasteiger partial charge in [-0.05, 0) is 71.4 Å². The van der Waals surface area contributed by atoms with Crippen molar-refractivity contribution in [3.8, 4) is 6.07 Å². The quantitative estimate of drug-likeness (QED) is 0.0881. The third kappa shape index (κ3) is 9.89. The van der Waals surface area contributed by atoms with E-state index in [1.807, 2.05) is 6.07 Å². The molecule has 2 fully saturated rings. The number of aromatic amines is 1. The lowest BCUT2D eigenvalue weighted by atomic mass is 9.92. The van der Waals surface area contributed by atoms with E-state index >= 15 is 0 Å². The number of aromatic nitrogens is 1. The predicted octanol–water partition coefficient (Wildman–Crippen LogP) is 0.844. The number of aliphatic hydroxyl groups is 1. The molecule has 2 heterocycles. The van der Waals surface area contributed by atoms with Crippen molar-refractivity contribution in [3.63, 3.8) is 0 Å². The van der Waals surface area contributed by atoms with Crippen LogP contribution in [0.3, 0.4) is 0 Å². The molecule has 1 saturated heterocycles. The molecule has 0 aromatic carbocycles. The fourth-order valence-electron chi connectivity index (χ4n) is 5.60. The average molecular weight is 704 g/mol. The summed E-state index contributed by atoms with van der Waals surface area (Å²) in [6, 6.07) is 3.68. The molecule has 0 unspecified atom stereocenters. The zero-order valence-corrected chi connectivity index (χ0v) is 30.0. The third-order valence-electron chi connectivity index (χ3n) is 8.58. The van der Waals surface area contributed by atoms with Gasteiger partial charge < -0.3 is 44.8 Å². The number of nitriles is 1. The van der Waals surface area contributed by atoms with E-state index in [4.69, 9.17) is 29.4 Å². The van der Waals surface area contributed by atoms with Crippen LogP contribution in [0.2, 0.25) is 0 Å². The standard InChI is InChI=1S/C34H50N6O10/c1-19(2)25(39-31(45)50-32(3,4)5)29(43)48-26-22(16-47-24(41)15-20-11-9-10-12-20)49-34(17-35,27(26)42)23-14-13-21(38-23)28(37-18-36)40-30(44)33(6,7)46-8/h13-14,18-20,22,25-27,38,42H,9-12,15-16H2,1-8H3,(H,39,45)(H2,36,37,40,44)/p+1/t22-,25-,26-,27-,34+/m1/s1. The lowest BCUT2D eigenvalue weighted by Gasteiger charge is -2.28. The predicted molar refractivity (Wildman–Crippen MR) is 178 cm³/mol. The van der Waals surface area contributed by atoms with Crippen molar-refractivity contribution in [1.29, 1.82) is 5.26 Å². The number of alkyl carbamates (subject to hydrolysis) is 1. The first kappa shape index (κ1) is 40.1. The van der Waals surface area contributed by atoms with Crippen molar-refractivity contribution < 1.29 is 53.0 Å². The Morgan fingerprint density at radius 2 is 1.88 bits per heavy atom. The zero-order chi connectivity index (χ0) is 37.4. The van der Waals surface area contributed by atoms with Crippen LogP contribution in [0.5, 0.6) is 0 Å². The van der Waals surface area contributed by atoms with Crippen LogP contribution in [0, 0.1) is 23.2 Å². The Kier molecular flexibility index (Phi) is 13.3. The van der Waals surface area contributed by atoms with Crippen LogP contribution in [0.25, 0.3) is 0 Å². The number of nitrogens with two attached hydrogens (primary N) is 1. The minimum absolute atomic E-state index is 0.0144. The highest BCUT2D eigenvalue weighted by molar-refractivity contribution is 6.01. The first-order valence-electron chi connectivity index (χ1n) is 16.7. The molecule has 2 amide bonds. The molecule has 16 nitrogen and oxygen atoms in total. The van der Waals surface area contributed by atoms with E-state index in [0.29, 0.717) is 0 Å². The van der Waals surface area contributed by atoms with Crippen LogP contribution in [-0.4, -0.2) is 95.5 Å². The maximum Gasteiger partial charge on any atom is 0.408 e. The van der Waals surface area contributed by atoms with Gasteiger partial charge in [-0.25, -0.2) is 19.4 Å². The van der Waals surface area contributed by atoms with E-state index in [1.165, 1.54) is 33.1 Å². The number of nitrogens with one attached hydrogen (secondary N) is 3. The number of aliphatic imine (C=N–C) groups is 1. The highest BCUT2D eigenvalue weighted by Crippen LogP contribution is 2.41. The number of carbonyl (C=O) groups is 4. The number of nitrogens with zero attached hydrogens (tertiary/aromatic N) is 2. The number of ether oxygens (including phenoxy) is 5. The summed E-state index contributed by atoms with van der Waals surface area (Å²) < 4.78 is 28.0. The second-order valence-corrected chi connectivity index (χ2v) is 14.3. The van der Waals surface area contributed by atoms with Crippen LogP contribution < -0.4 is 16.0 Å². The van der Waals surface area contributed by atoms with E-state index in [-0.39, 0.29) is 29.6 Å². The summed E-state index contributed by atoms with van der Waals surface area (Å²) in [6.07, 6.45) is -0.344. The number of carbonyl (C=O) groups excluding carboxylic acids is 4. The molecular formula is C34H51N6O10+. The van der Waals surface area contributed by atoms with Gasteiger partial charge in [-0.15, -0.1) is 0 Å². The molecule has 5 atom stereocenters. The first-order chi connectivity index (χ1) is 23.4. The van der Waals surface area contributed by atoms with Gasteiger partial charge in [-0.3, -0.25) is 4.79 Å². The molecular weight excluding hydrogens is 652 g/mol. The first-order valence-corrected chi connectivity index (χ1v) is 16.7. The smallest absolute Gasteiger partial charge is 0.408 e. The Labute approximate surface area is 292 Å².